The summed E-state index contributed by atoms with van der Waals surface area (Å²) in [4.78, 5) is 38.1. The predicted octanol–water partition coefficient (Wildman–Crippen LogP) is 3.45. The standard InChI is InChI=1S/C23H24N2O4/c1-15(13-25-21(27)18-7-5-6-8-19(18)22(25)28)14-29-17-11-9-16(10-12-17)20(26)24-23(2,3)4/h5-12H,1,13-14H2,2-4H3,(H,24,26). The molecule has 0 saturated heterocycles. The summed E-state index contributed by atoms with van der Waals surface area (Å²) in [5.41, 5.74) is 1.64. The molecule has 2 aromatic rings. The minimum Gasteiger partial charge on any atom is -0.489 e. The van der Waals surface area contributed by atoms with Crippen molar-refractivity contribution in [3.05, 3.63) is 77.4 Å². The van der Waals surface area contributed by atoms with E-state index in [1.165, 1.54) is 4.90 Å². The molecule has 0 bridgehead atoms. The quantitative estimate of drug-likeness (QED) is 0.604. The molecule has 6 nitrogen and oxygen atoms in total. The number of nitrogens with zero attached hydrogens (tertiary/aromatic N) is 1. The molecule has 0 fully saturated rings. The average Bonchev–Trinajstić information content (AvgIpc) is 2.91. The highest BCUT2D eigenvalue weighted by Gasteiger charge is 2.35. The number of fused-ring (bicyclic) bond motifs is 1. The number of hydrogen-bond donors (Lipinski definition) is 1. The van der Waals surface area contributed by atoms with Crippen molar-refractivity contribution in [2.24, 2.45) is 0 Å². The molecule has 1 aliphatic rings. The topological polar surface area (TPSA) is 75.7 Å². The Morgan fingerprint density at radius 1 is 1.00 bits per heavy atom. The molecule has 1 heterocycles. The zero-order valence-electron chi connectivity index (χ0n) is 16.8. The fourth-order valence-electron chi connectivity index (χ4n) is 2.95. The Kier molecular flexibility index (Phi) is 5.55. The molecule has 0 spiro atoms. The summed E-state index contributed by atoms with van der Waals surface area (Å²) >= 11 is 0. The first-order valence-corrected chi connectivity index (χ1v) is 9.33. The first-order chi connectivity index (χ1) is 13.7. The van der Waals surface area contributed by atoms with Crippen LogP contribution in [0.2, 0.25) is 0 Å². The molecule has 29 heavy (non-hydrogen) atoms. The van der Waals surface area contributed by atoms with E-state index < -0.39 is 0 Å². The van der Waals surface area contributed by atoms with Crippen LogP contribution in [0.4, 0.5) is 0 Å². The molecule has 0 aliphatic carbocycles. The zero-order chi connectivity index (χ0) is 21.2. The normalized spacial score (nSPS) is 13.3. The van der Waals surface area contributed by atoms with Crippen molar-refractivity contribution in [3.63, 3.8) is 0 Å². The lowest BCUT2D eigenvalue weighted by Crippen LogP contribution is -2.40. The first kappa shape index (κ1) is 20.3. The van der Waals surface area contributed by atoms with Crippen LogP contribution in [0.1, 0.15) is 51.8 Å². The number of amides is 3. The van der Waals surface area contributed by atoms with Crippen LogP contribution in [0.15, 0.2) is 60.7 Å². The van der Waals surface area contributed by atoms with Gasteiger partial charge in [0.25, 0.3) is 17.7 Å². The number of imide groups is 1. The van der Waals surface area contributed by atoms with Crippen LogP contribution in [-0.4, -0.2) is 41.3 Å². The Bertz CT molecular complexity index is 936. The Morgan fingerprint density at radius 3 is 2.07 bits per heavy atom. The third kappa shape index (κ3) is 4.71. The van der Waals surface area contributed by atoms with Crippen molar-refractivity contribution >= 4 is 17.7 Å². The Balaban J connectivity index is 1.54. The van der Waals surface area contributed by atoms with Gasteiger partial charge in [-0.2, -0.15) is 0 Å². The van der Waals surface area contributed by atoms with Gasteiger partial charge in [0.05, 0.1) is 17.7 Å². The van der Waals surface area contributed by atoms with Gasteiger partial charge < -0.3 is 10.1 Å². The molecule has 3 rings (SSSR count). The molecule has 1 aliphatic heterocycles. The maximum Gasteiger partial charge on any atom is 0.261 e. The molecule has 0 atom stereocenters. The van der Waals surface area contributed by atoms with Crippen LogP contribution in [-0.2, 0) is 0 Å². The van der Waals surface area contributed by atoms with Gasteiger partial charge in [-0.05, 0) is 62.7 Å². The monoisotopic (exact) mass is 392 g/mol. The summed E-state index contributed by atoms with van der Waals surface area (Å²) in [5, 5.41) is 2.90. The fourth-order valence-corrected chi connectivity index (χ4v) is 2.95. The minimum atomic E-state index is -0.319. The van der Waals surface area contributed by atoms with Crippen molar-refractivity contribution in [2.45, 2.75) is 26.3 Å². The maximum atomic E-state index is 12.4. The minimum absolute atomic E-state index is 0.0957. The van der Waals surface area contributed by atoms with Crippen molar-refractivity contribution in [3.8, 4) is 5.75 Å². The van der Waals surface area contributed by atoms with E-state index in [-0.39, 0.29) is 36.4 Å². The maximum absolute atomic E-state index is 12.4. The molecule has 2 aromatic carbocycles. The van der Waals surface area contributed by atoms with Crippen molar-refractivity contribution in [1.82, 2.24) is 10.2 Å². The van der Waals surface area contributed by atoms with Gasteiger partial charge in [0.1, 0.15) is 12.4 Å². The SMILES string of the molecule is C=C(COc1ccc(C(=O)NC(C)(C)C)cc1)CN1C(=O)c2ccccc2C1=O. The molecule has 150 valence electrons. The fraction of sp³-hybridized carbons (Fsp3) is 0.261. The van der Waals surface area contributed by atoms with Crippen molar-refractivity contribution in [1.29, 1.82) is 0 Å². The number of ether oxygens (including phenoxy) is 1. The molecule has 1 N–H and O–H groups in total. The first-order valence-electron chi connectivity index (χ1n) is 9.33. The number of rotatable bonds is 6. The smallest absolute Gasteiger partial charge is 0.261 e. The summed E-state index contributed by atoms with van der Waals surface area (Å²) in [6.45, 7) is 9.92. The van der Waals surface area contributed by atoms with E-state index in [4.69, 9.17) is 4.74 Å². The van der Waals surface area contributed by atoms with Crippen LogP contribution in [0, 0.1) is 0 Å². The Morgan fingerprint density at radius 2 is 1.55 bits per heavy atom. The van der Waals surface area contributed by atoms with E-state index in [1.54, 1.807) is 48.5 Å². The highest BCUT2D eigenvalue weighted by atomic mass is 16.5. The summed E-state index contributed by atoms with van der Waals surface area (Å²) in [6.07, 6.45) is 0. The van der Waals surface area contributed by atoms with Gasteiger partial charge in [0.2, 0.25) is 0 Å². The van der Waals surface area contributed by atoms with Gasteiger partial charge in [0.15, 0.2) is 0 Å². The average molecular weight is 392 g/mol. The van der Waals surface area contributed by atoms with Crippen LogP contribution in [0.25, 0.3) is 0 Å². The van der Waals surface area contributed by atoms with Gasteiger partial charge in [-0.1, -0.05) is 18.7 Å². The number of carbonyl (C=O) groups is 3. The molecule has 3 amide bonds. The van der Waals surface area contributed by atoms with Gasteiger partial charge in [0, 0.05) is 11.1 Å². The van der Waals surface area contributed by atoms with E-state index >= 15 is 0 Å². The molecule has 0 unspecified atom stereocenters. The third-order valence-corrected chi connectivity index (χ3v) is 4.31. The third-order valence-electron chi connectivity index (χ3n) is 4.31. The second kappa shape index (κ2) is 7.91. The second-order valence-corrected chi connectivity index (χ2v) is 8.01. The van der Waals surface area contributed by atoms with Crippen LogP contribution in [0.5, 0.6) is 5.75 Å². The molecule has 0 aromatic heterocycles. The van der Waals surface area contributed by atoms with Crippen LogP contribution in [0.3, 0.4) is 0 Å². The molecule has 6 heteroatoms. The highest BCUT2D eigenvalue weighted by Crippen LogP contribution is 2.23. The zero-order valence-corrected chi connectivity index (χ0v) is 16.8. The number of hydrogen-bond acceptors (Lipinski definition) is 4. The molecular formula is C23H24N2O4. The molecular weight excluding hydrogens is 368 g/mol. The summed E-state index contributed by atoms with van der Waals surface area (Å²) < 4.78 is 5.68. The number of carbonyl (C=O) groups excluding carboxylic acids is 3. The van der Waals surface area contributed by atoms with E-state index in [9.17, 15) is 14.4 Å². The lowest BCUT2D eigenvalue weighted by molar-refractivity contribution is 0.0665. The van der Waals surface area contributed by atoms with E-state index in [0.29, 0.717) is 28.0 Å². The second-order valence-electron chi connectivity index (χ2n) is 8.01. The van der Waals surface area contributed by atoms with Crippen LogP contribution >= 0.6 is 0 Å². The van der Waals surface area contributed by atoms with Crippen molar-refractivity contribution < 1.29 is 19.1 Å². The van der Waals surface area contributed by atoms with E-state index in [0.717, 1.165) is 0 Å². The Hall–Kier alpha value is -3.41. The lowest BCUT2D eigenvalue weighted by Gasteiger charge is -2.20. The Labute approximate surface area is 170 Å². The van der Waals surface area contributed by atoms with E-state index in [2.05, 4.69) is 11.9 Å². The largest absolute Gasteiger partial charge is 0.489 e. The highest BCUT2D eigenvalue weighted by molar-refractivity contribution is 6.21. The van der Waals surface area contributed by atoms with Gasteiger partial charge >= 0.3 is 0 Å². The van der Waals surface area contributed by atoms with Crippen molar-refractivity contribution in [2.75, 3.05) is 13.2 Å². The van der Waals surface area contributed by atoms with Crippen LogP contribution < -0.4 is 10.1 Å². The summed E-state index contributed by atoms with van der Waals surface area (Å²) in [7, 11) is 0. The lowest BCUT2D eigenvalue weighted by atomic mass is 10.1. The van der Waals surface area contributed by atoms with Gasteiger partial charge in [-0.15, -0.1) is 0 Å². The summed E-state index contributed by atoms with van der Waals surface area (Å²) in [5.74, 6) is -0.221. The number of benzene rings is 2. The molecule has 0 radical (unpaired) electrons. The van der Waals surface area contributed by atoms with E-state index in [1.807, 2.05) is 20.8 Å². The number of nitrogens with one attached hydrogen (secondary N) is 1. The van der Waals surface area contributed by atoms with Gasteiger partial charge in [-0.3, -0.25) is 19.3 Å². The summed E-state index contributed by atoms with van der Waals surface area (Å²) in [6, 6.07) is 13.5. The molecule has 0 saturated carbocycles. The van der Waals surface area contributed by atoms with Gasteiger partial charge in [-0.25, -0.2) is 0 Å². The predicted molar refractivity (Wildman–Crippen MR) is 110 cm³/mol.